The highest BCUT2D eigenvalue weighted by molar-refractivity contribution is 7.26. The van der Waals surface area contributed by atoms with Crippen molar-refractivity contribution >= 4 is 75.1 Å². The molecule has 0 N–H and O–H groups in total. The van der Waals surface area contributed by atoms with Crippen LogP contribution in [-0.2, 0) is 0 Å². The van der Waals surface area contributed by atoms with Gasteiger partial charge in [0.05, 0.1) is 49.5 Å². The predicted molar refractivity (Wildman–Crippen MR) is 244 cm³/mol. The molecule has 0 radical (unpaired) electrons. The zero-order valence-electron chi connectivity index (χ0n) is 49.4. The van der Waals surface area contributed by atoms with Crippen molar-refractivity contribution in [2.45, 2.75) is 0 Å². The summed E-state index contributed by atoms with van der Waals surface area (Å²) in [7, 11) is 0. The van der Waals surface area contributed by atoms with Gasteiger partial charge in [0.15, 0.2) is 0 Å². The molecule has 3 aromatic heterocycles. The predicted octanol–water partition coefficient (Wildman–Crippen LogP) is 15.2. The van der Waals surface area contributed by atoms with E-state index < -0.39 is 90.6 Å². The van der Waals surface area contributed by atoms with Crippen molar-refractivity contribution in [2.24, 2.45) is 0 Å². The maximum absolute atomic E-state index is 10.1. The molecule has 0 amide bonds. The highest BCUT2D eigenvalue weighted by Gasteiger charge is 2.19. The summed E-state index contributed by atoms with van der Waals surface area (Å²) in [6.07, 6.45) is 0. The molecule has 0 spiro atoms. The molecule has 0 bridgehead atoms. The van der Waals surface area contributed by atoms with E-state index in [2.05, 4.69) is 0 Å². The first-order valence-electron chi connectivity index (χ1n) is 27.9. The molecule has 266 valence electrons. The molecule has 0 aliphatic rings. The highest BCUT2D eigenvalue weighted by Crippen LogP contribution is 2.44. The van der Waals surface area contributed by atoms with Crippen LogP contribution in [0.1, 0.15) is 27.4 Å². The molecule has 2 nitrogen and oxygen atoms in total. The molecule has 0 aliphatic heterocycles. The lowest BCUT2D eigenvalue weighted by molar-refractivity contribution is 1.18. The summed E-state index contributed by atoms with van der Waals surface area (Å²) in [6.45, 7) is 0. The molecule has 9 aromatic carbocycles. The smallest absolute Gasteiger partial charge is 0.0645 e. The molecular formula is C54H34N2S. The van der Waals surface area contributed by atoms with Gasteiger partial charge < -0.3 is 9.13 Å². The van der Waals surface area contributed by atoms with Gasteiger partial charge in [-0.05, 0) is 87.9 Å². The van der Waals surface area contributed by atoms with Gasteiger partial charge in [0.2, 0.25) is 0 Å². The SMILES string of the molecule is [2H]c1cc([2H])c([2H])c(-c2c([2H])c([2H])c([2H])c3c2sc2cc(-n4c5c([2H])c([2H])c([2H])c([2H])c5c5c([2H])c(-c6cc([2H])c([2H])c7c6c6cc([2H])c([2H])c([2H])c6n7-c6cccc(-c7ccccc7)c6)c([2H])c([2H])c54)cc([2H])c23)c1[2H]. The van der Waals surface area contributed by atoms with Crippen LogP contribution in [0.25, 0.3) is 109 Å². The van der Waals surface area contributed by atoms with Crippen LogP contribution in [-0.4, -0.2) is 9.13 Å². The van der Waals surface area contributed by atoms with E-state index in [1.54, 1.807) is 16.7 Å². The zero-order chi connectivity index (χ0) is 54.9. The molecule has 0 aliphatic carbocycles. The van der Waals surface area contributed by atoms with Crippen LogP contribution in [0.5, 0.6) is 0 Å². The Morgan fingerprint density at radius 1 is 0.386 bits per heavy atom. The molecule has 57 heavy (non-hydrogen) atoms. The van der Waals surface area contributed by atoms with Crippen LogP contribution in [0.2, 0.25) is 0 Å². The molecule has 0 saturated heterocycles. The quantitative estimate of drug-likeness (QED) is 0.165. The van der Waals surface area contributed by atoms with Crippen LogP contribution < -0.4 is 0 Å². The van der Waals surface area contributed by atoms with Gasteiger partial charge in [-0.1, -0.05) is 151 Å². The Hall–Kier alpha value is -7.20. The minimum absolute atomic E-state index is 0.0146. The number of aromatic nitrogens is 2. The van der Waals surface area contributed by atoms with Crippen LogP contribution in [0, 0.1) is 0 Å². The summed E-state index contributed by atoms with van der Waals surface area (Å²) in [5, 5.41) is -0.00804. The van der Waals surface area contributed by atoms with Gasteiger partial charge in [0, 0.05) is 53.1 Å². The second kappa shape index (κ2) is 12.7. The molecule has 12 aromatic rings. The Bertz CT molecular complexity index is 4670. The van der Waals surface area contributed by atoms with Crippen molar-refractivity contribution in [3.8, 4) is 44.8 Å². The average Bonchev–Trinajstić information content (AvgIpc) is 4.27. The fourth-order valence-electron chi connectivity index (χ4n) is 7.75. The van der Waals surface area contributed by atoms with Crippen molar-refractivity contribution in [1.82, 2.24) is 9.13 Å². The number of nitrogens with zero attached hydrogens (tertiary/aromatic N) is 2. The number of para-hydroxylation sites is 2. The standard InChI is InChI=1S/C54H34N2S/c1-3-14-35(15-4-1)37-18-11-19-39(32-37)56-49-26-10-8-21-46(49)53-41(22-13-27-51(53)56)38-28-31-50-47(33-38)43-20-7-9-25-48(43)55(50)40-29-30-44-45-24-12-23-42(36-16-5-2-6-17-36)54(45)57-52(44)34-40/h1-34H/i5D,6D,7D,8D,9D,10D,12D,13D,16D,17D,20D,23D,24D,25D,26D,27D,28D,30D,31D,33D. The number of hydrogen-bond acceptors (Lipinski definition) is 1. The van der Waals surface area contributed by atoms with Crippen molar-refractivity contribution < 1.29 is 27.4 Å². The van der Waals surface area contributed by atoms with E-state index in [0.29, 0.717) is 5.69 Å². The number of fused-ring (bicyclic) bond motifs is 9. The molecule has 0 fully saturated rings. The first-order valence-corrected chi connectivity index (χ1v) is 18.7. The van der Waals surface area contributed by atoms with Gasteiger partial charge in [0.1, 0.15) is 0 Å². The molecular weight excluding hydrogens is 709 g/mol. The molecule has 0 unspecified atom stereocenters. The number of hydrogen-bond donors (Lipinski definition) is 0. The third kappa shape index (κ3) is 4.96. The normalized spacial score (nSPS) is 16.8. The van der Waals surface area contributed by atoms with Crippen LogP contribution in [0.15, 0.2) is 206 Å². The molecule has 3 heteroatoms. The van der Waals surface area contributed by atoms with Crippen molar-refractivity contribution in [1.29, 1.82) is 0 Å². The molecule has 0 atom stereocenters. The Labute approximate surface area is 361 Å². The van der Waals surface area contributed by atoms with Crippen molar-refractivity contribution in [3.63, 3.8) is 0 Å². The van der Waals surface area contributed by atoms with Crippen molar-refractivity contribution in [3.05, 3.63) is 206 Å². The van der Waals surface area contributed by atoms with E-state index in [1.165, 1.54) is 28.8 Å². The lowest BCUT2D eigenvalue weighted by Gasteiger charge is -2.11. The second-order valence-electron chi connectivity index (χ2n) is 13.3. The van der Waals surface area contributed by atoms with Gasteiger partial charge >= 0.3 is 0 Å². The maximum Gasteiger partial charge on any atom is 0.0645 e. The Kier molecular flexibility index (Phi) is 4.04. The Balaban J connectivity index is 1.20. The van der Waals surface area contributed by atoms with Gasteiger partial charge in [-0.3, -0.25) is 0 Å². The van der Waals surface area contributed by atoms with Crippen LogP contribution >= 0.6 is 11.3 Å². The molecule has 12 rings (SSSR count). The Morgan fingerprint density at radius 2 is 1.14 bits per heavy atom. The van der Waals surface area contributed by atoms with E-state index in [9.17, 15) is 12.3 Å². The van der Waals surface area contributed by atoms with E-state index in [1.807, 2.05) is 42.5 Å². The van der Waals surface area contributed by atoms with Gasteiger partial charge in [-0.2, -0.15) is 0 Å². The second-order valence-corrected chi connectivity index (χ2v) is 14.4. The van der Waals surface area contributed by atoms with Crippen molar-refractivity contribution in [2.75, 3.05) is 0 Å². The van der Waals surface area contributed by atoms with Gasteiger partial charge in [-0.25, -0.2) is 0 Å². The fraction of sp³-hybridized carbons (Fsp3) is 0. The third-order valence-corrected chi connectivity index (χ3v) is 11.4. The van der Waals surface area contributed by atoms with E-state index in [4.69, 9.17) is 15.1 Å². The largest absolute Gasteiger partial charge is 0.309 e. The number of rotatable bonds is 5. The first-order chi connectivity index (χ1) is 36.6. The van der Waals surface area contributed by atoms with E-state index in [0.717, 1.165) is 28.5 Å². The van der Waals surface area contributed by atoms with Crippen LogP contribution in [0.4, 0.5) is 0 Å². The van der Waals surface area contributed by atoms with Crippen LogP contribution in [0.3, 0.4) is 0 Å². The van der Waals surface area contributed by atoms with Gasteiger partial charge in [-0.15, -0.1) is 11.3 Å². The summed E-state index contributed by atoms with van der Waals surface area (Å²) in [5.74, 6) is 0. The maximum atomic E-state index is 10.1. The Morgan fingerprint density at radius 3 is 2.05 bits per heavy atom. The zero-order valence-corrected chi connectivity index (χ0v) is 30.2. The summed E-state index contributed by atoms with van der Waals surface area (Å²) in [6, 6.07) is 13.3. The minimum Gasteiger partial charge on any atom is -0.309 e. The number of thiophene rings is 1. The van der Waals surface area contributed by atoms with E-state index in [-0.39, 0.29) is 122 Å². The topological polar surface area (TPSA) is 9.86 Å². The monoisotopic (exact) mass is 762 g/mol. The number of benzene rings is 9. The summed E-state index contributed by atoms with van der Waals surface area (Å²) in [5.41, 5.74) is 0.987. The highest BCUT2D eigenvalue weighted by atomic mass is 32.1. The molecule has 0 saturated carbocycles. The summed E-state index contributed by atoms with van der Waals surface area (Å²) < 4.78 is 185. The summed E-state index contributed by atoms with van der Waals surface area (Å²) >= 11 is 0.925. The third-order valence-electron chi connectivity index (χ3n) is 10.2. The average molecular weight is 763 g/mol. The van der Waals surface area contributed by atoms with Gasteiger partial charge in [0.25, 0.3) is 0 Å². The fourth-order valence-corrected chi connectivity index (χ4v) is 8.93. The van der Waals surface area contributed by atoms with E-state index >= 15 is 0 Å². The summed E-state index contributed by atoms with van der Waals surface area (Å²) in [4.78, 5) is 0. The first kappa shape index (κ1) is 18.2. The lowest BCUT2D eigenvalue weighted by atomic mass is 9.98. The minimum atomic E-state index is -0.680. The lowest BCUT2D eigenvalue weighted by Crippen LogP contribution is -1.94. The molecule has 3 heterocycles.